The zero-order chi connectivity index (χ0) is 21.8. The van der Waals surface area contributed by atoms with Gasteiger partial charge >= 0.3 is 0 Å². The summed E-state index contributed by atoms with van der Waals surface area (Å²) in [5.74, 6) is -0.227. The molecule has 4 aromatic rings. The molecule has 31 heavy (non-hydrogen) atoms. The Morgan fingerprint density at radius 2 is 1.68 bits per heavy atom. The van der Waals surface area contributed by atoms with Crippen molar-refractivity contribution < 1.29 is 4.79 Å². The van der Waals surface area contributed by atoms with Gasteiger partial charge in [-0.05, 0) is 42.8 Å². The van der Waals surface area contributed by atoms with Crippen molar-refractivity contribution >= 4 is 52.2 Å². The normalized spacial score (nSPS) is 11.1. The fourth-order valence-electron chi connectivity index (χ4n) is 3.05. The number of thiazole rings is 1. The molecule has 0 aliphatic carbocycles. The lowest BCUT2D eigenvalue weighted by molar-refractivity contribution is -0.111. The predicted octanol–water partition coefficient (Wildman–Crippen LogP) is 7.74. The van der Waals surface area contributed by atoms with Gasteiger partial charge in [-0.25, -0.2) is 4.98 Å². The van der Waals surface area contributed by atoms with Gasteiger partial charge in [-0.3, -0.25) is 4.79 Å². The number of hydrogen-bond acceptors (Lipinski definition) is 3. The molecule has 0 bridgehead atoms. The van der Waals surface area contributed by atoms with Crippen LogP contribution >= 0.6 is 34.5 Å². The molecule has 4 rings (SSSR count). The first-order valence-electron chi connectivity index (χ1n) is 9.57. The number of halogens is 2. The monoisotopic (exact) mass is 464 g/mol. The van der Waals surface area contributed by atoms with Gasteiger partial charge in [0.2, 0.25) is 5.91 Å². The Morgan fingerprint density at radius 1 is 0.935 bits per heavy atom. The minimum absolute atomic E-state index is 0.227. The Labute approximate surface area is 195 Å². The van der Waals surface area contributed by atoms with Crippen LogP contribution < -0.4 is 5.32 Å². The molecule has 0 saturated heterocycles. The summed E-state index contributed by atoms with van der Waals surface area (Å²) in [6.07, 6.45) is 3.15. The van der Waals surface area contributed by atoms with E-state index >= 15 is 0 Å². The van der Waals surface area contributed by atoms with Crippen LogP contribution in [0.25, 0.3) is 27.9 Å². The molecule has 3 nitrogen and oxygen atoms in total. The third-order valence-electron chi connectivity index (χ3n) is 4.61. The SMILES string of the molecule is Cc1sc(-c2ccccc2)nc1-c1ccc(NC(=O)/C=C/c2ccc(Cl)c(Cl)c2)cc1. The van der Waals surface area contributed by atoms with Gasteiger partial charge < -0.3 is 5.32 Å². The third-order valence-corrected chi connectivity index (χ3v) is 6.37. The molecule has 0 fully saturated rings. The lowest BCUT2D eigenvalue weighted by Gasteiger charge is -2.04. The summed E-state index contributed by atoms with van der Waals surface area (Å²) in [7, 11) is 0. The van der Waals surface area contributed by atoms with Crippen molar-refractivity contribution in [3.05, 3.63) is 99.4 Å². The van der Waals surface area contributed by atoms with Crippen LogP contribution in [0.1, 0.15) is 10.4 Å². The van der Waals surface area contributed by atoms with E-state index in [1.165, 1.54) is 6.08 Å². The van der Waals surface area contributed by atoms with Gasteiger partial charge in [0.25, 0.3) is 0 Å². The Balaban J connectivity index is 1.45. The first-order chi connectivity index (χ1) is 15.0. The van der Waals surface area contributed by atoms with E-state index in [2.05, 4.69) is 24.4 Å². The molecule has 0 spiro atoms. The topological polar surface area (TPSA) is 42.0 Å². The molecule has 6 heteroatoms. The Morgan fingerprint density at radius 3 is 2.39 bits per heavy atom. The van der Waals surface area contributed by atoms with E-state index in [1.807, 2.05) is 42.5 Å². The molecular weight excluding hydrogens is 447 g/mol. The largest absolute Gasteiger partial charge is 0.323 e. The first-order valence-corrected chi connectivity index (χ1v) is 11.1. The molecule has 0 aliphatic heterocycles. The van der Waals surface area contributed by atoms with Crippen LogP contribution in [0.4, 0.5) is 5.69 Å². The van der Waals surface area contributed by atoms with Crippen LogP contribution in [-0.2, 0) is 4.79 Å². The smallest absolute Gasteiger partial charge is 0.248 e. The predicted molar refractivity (Wildman–Crippen MR) is 132 cm³/mol. The van der Waals surface area contributed by atoms with Gasteiger partial charge in [0.1, 0.15) is 5.01 Å². The standard InChI is InChI=1S/C25H18Cl2N2OS/c1-16-24(29-25(31-16)19-5-3-2-4-6-19)18-9-11-20(12-10-18)28-23(30)14-8-17-7-13-21(26)22(27)15-17/h2-15H,1H3,(H,28,30)/b14-8+. The number of rotatable bonds is 5. The van der Waals surface area contributed by atoms with E-state index in [-0.39, 0.29) is 5.91 Å². The van der Waals surface area contributed by atoms with E-state index in [9.17, 15) is 4.79 Å². The number of benzene rings is 3. The number of amides is 1. The molecule has 1 amide bonds. The molecular formula is C25H18Cl2N2OS. The van der Waals surface area contributed by atoms with Crippen molar-refractivity contribution in [3.8, 4) is 21.8 Å². The fourth-order valence-corrected chi connectivity index (χ4v) is 4.30. The van der Waals surface area contributed by atoms with Crippen LogP contribution in [0.3, 0.4) is 0 Å². The molecule has 0 aliphatic rings. The van der Waals surface area contributed by atoms with Crippen molar-refractivity contribution in [1.82, 2.24) is 4.98 Å². The highest BCUT2D eigenvalue weighted by atomic mass is 35.5. The summed E-state index contributed by atoms with van der Waals surface area (Å²) < 4.78 is 0. The second kappa shape index (κ2) is 9.48. The van der Waals surface area contributed by atoms with Gasteiger partial charge in [0, 0.05) is 27.8 Å². The minimum atomic E-state index is -0.227. The molecule has 1 N–H and O–H groups in total. The van der Waals surface area contributed by atoms with E-state index in [1.54, 1.807) is 35.6 Å². The molecule has 1 aromatic heterocycles. The summed E-state index contributed by atoms with van der Waals surface area (Å²) in [6.45, 7) is 2.07. The Bertz CT molecular complexity index is 1250. The highest BCUT2D eigenvalue weighted by Crippen LogP contribution is 2.33. The van der Waals surface area contributed by atoms with Gasteiger partial charge in [0.05, 0.1) is 15.7 Å². The van der Waals surface area contributed by atoms with E-state index < -0.39 is 0 Å². The van der Waals surface area contributed by atoms with Crippen LogP contribution in [0.5, 0.6) is 0 Å². The van der Waals surface area contributed by atoms with Gasteiger partial charge in [-0.1, -0.05) is 71.7 Å². The number of anilines is 1. The van der Waals surface area contributed by atoms with Gasteiger partial charge in [-0.2, -0.15) is 0 Å². The van der Waals surface area contributed by atoms with Crippen molar-refractivity contribution in [3.63, 3.8) is 0 Å². The van der Waals surface area contributed by atoms with E-state index in [4.69, 9.17) is 28.2 Å². The zero-order valence-corrected chi connectivity index (χ0v) is 18.9. The molecule has 0 unspecified atom stereocenters. The molecule has 3 aromatic carbocycles. The summed E-state index contributed by atoms with van der Waals surface area (Å²) in [6, 6.07) is 23.0. The maximum absolute atomic E-state index is 12.2. The van der Waals surface area contributed by atoms with E-state index in [0.717, 1.165) is 32.3 Å². The van der Waals surface area contributed by atoms with Crippen molar-refractivity contribution in [2.75, 3.05) is 5.32 Å². The zero-order valence-electron chi connectivity index (χ0n) is 16.6. The Kier molecular flexibility index (Phi) is 6.52. The number of aryl methyl sites for hydroxylation is 1. The summed E-state index contributed by atoms with van der Waals surface area (Å²) >= 11 is 13.6. The molecule has 0 radical (unpaired) electrons. The number of carbonyl (C=O) groups excluding carboxylic acids is 1. The maximum atomic E-state index is 12.2. The number of nitrogens with one attached hydrogen (secondary N) is 1. The lowest BCUT2D eigenvalue weighted by atomic mass is 10.1. The Hall–Kier alpha value is -2.92. The average Bonchev–Trinajstić information content (AvgIpc) is 3.17. The highest BCUT2D eigenvalue weighted by molar-refractivity contribution is 7.15. The van der Waals surface area contributed by atoms with Crippen molar-refractivity contribution in [2.45, 2.75) is 6.92 Å². The fraction of sp³-hybridized carbons (Fsp3) is 0.0400. The van der Waals surface area contributed by atoms with Crippen LogP contribution in [-0.4, -0.2) is 10.9 Å². The highest BCUT2D eigenvalue weighted by Gasteiger charge is 2.11. The summed E-state index contributed by atoms with van der Waals surface area (Å²) in [5, 5.41) is 4.79. The van der Waals surface area contributed by atoms with Crippen LogP contribution in [0, 0.1) is 6.92 Å². The second-order valence-electron chi connectivity index (χ2n) is 6.86. The van der Waals surface area contributed by atoms with Crippen LogP contribution in [0.15, 0.2) is 78.9 Å². The second-order valence-corrected chi connectivity index (χ2v) is 8.88. The number of carbonyl (C=O) groups is 1. The molecule has 0 saturated carbocycles. The van der Waals surface area contributed by atoms with Gasteiger partial charge in [0.15, 0.2) is 0 Å². The van der Waals surface area contributed by atoms with Gasteiger partial charge in [-0.15, -0.1) is 11.3 Å². The maximum Gasteiger partial charge on any atom is 0.248 e. The third kappa shape index (κ3) is 5.23. The summed E-state index contributed by atoms with van der Waals surface area (Å²) in [4.78, 5) is 18.2. The number of hydrogen-bond donors (Lipinski definition) is 1. The van der Waals surface area contributed by atoms with Crippen molar-refractivity contribution in [2.24, 2.45) is 0 Å². The minimum Gasteiger partial charge on any atom is -0.323 e. The number of aromatic nitrogens is 1. The molecule has 154 valence electrons. The summed E-state index contributed by atoms with van der Waals surface area (Å²) in [5.41, 5.74) is 4.60. The molecule has 0 atom stereocenters. The quantitative estimate of drug-likeness (QED) is 0.306. The van der Waals surface area contributed by atoms with E-state index in [0.29, 0.717) is 15.7 Å². The molecule has 1 heterocycles. The average molecular weight is 465 g/mol. The van der Waals surface area contributed by atoms with Crippen LogP contribution in [0.2, 0.25) is 10.0 Å². The first kappa shape index (κ1) is 21.3. The van der Waals surface area contributed by atoms with Crippen molar-refractivity contribution in [1.29, 1.82) is 0 Å². The number of nitrogens with zero attached hydrogens (tertiary/aromatic N) is 1. The lowest BCUT2D eigenvalue weighted by Crippen LogP contribution is -2.07.